The van der Waals surface area contributed by atoms with E-state index in [9.17, 15) is 13.6 Å². The third-order valence-corrected chi connectivity index (χ3v) is 3.30. The molecule has 2 aromatic carbocycles. The Bertz CT molecular complexity index is 656. The van der Waals surface area contributed by atoms with Gasteiger partial charge in [-0.3, -0.25) is 4.79 Å². The molecule has 5 heteroatoms. The number of nitrogens with one attached hydrogen (secondary N) is 1. The molecule has 0 unspecified atom stereocenters. The number of hydrogen-bond acceptors (Lipinski definition) is 2. The Balaban J connectivity index is 2.07. The summed E-state index contributed by atoms with van der Waals surface area (Å²) in [5.41, 5.74) is 1.66. The van der Waals surface area contributed by atoms with Crippen LogP contribution in [-0.2, 0) is 11.3 Å². The van der Waals surface area contributed by atoms with E-state index in [4.69, 9.17) is 4.74 Å². The third-order valence-electron chi connectivity index (χ3n) is 3.30. The van der Waals surface area contributed by atoms with E-state index < -0.39 is 17.7 Å². The van der Waals surface area contributed by atoms with Gasteiger partial charge in [0.25, 0.3) is 5.91 Å². The van der Waals surface area contributed by atoms with Gasteiger partial charge in [0.2, 0.25) is 0 Å². The molecule has 1 atom stereocenters. The van der Waals surface area contributed by atoms with Crippen molar-refractivity contribution in [3.05, 3.63) is 70.8 Å². The molecule has 0 radical (unpaired) electrons. The summed E-state index contributed by atoms with van der Waals surface area (Å²) < 4.78 is 31.6. The van der Waals surface area contributed by atoms with Crippen molar-refractivity contribution in [3.8, 4) is 0 Å². The second-order valence-electron chi connectivity index (χ2n) is 4.99. The van der Waals surface area contributed by atoms with Crippen molar-refractivity contribution >= 4 is 5.91 Å². The monoisotopic (exact) mass is 305 g/mol. The van der Waals surface area contributed by atoms with E-state index in [1.54, 1.807) is 38.3 Å². The molecule has 116 valence electrons. The first-order valence-corrected chi connectivity index (χ1v) is 6.85. The zero-order chi connectivity index (χ0) is 16.1. The summed E-state index contributed by atoms with van der Waals surface area (Å²) in [4.78, 5) is 12.1. The first kappa shape index (κ1) is 16.1. The van der Waals surface area contributed by atoms with Gasteiger partial charge in [0, 0.05) is 24.3 Å². The van der Waals surface area contributed by atoms with Crippen molar-refractivity contribution in [1.82, 2.24) is 5.32 Å². The highest BCUT2D eigenvalue weighted by Crippen LogP contribution is 2.18. The van der Waals surface area contributed by atoms with Gasteiger partial charge in [-0.25, -0.2) is 8.78 Å². The first-order valence-electron chi connectivity index (χ1n) is 6.85. The van der Waals surface area contributed by atoms with Crippen molar-refractivity contribution < 1.29 is 18.3 Å². The lowest BCUT2D eigenvalue weighted by Gasteiger charge is -2.15. The largest absolute Gasteiger partial charge is 0.380 e. The summed E-state index contributed by atoms with van der Waals surface area (Å²) in [6.07, 6.45) is 0. The molecule has 0 bridgehead atoms. The van der Waals surface area contributed by atoms with Crippen LogP contribution in [0.15, 0.2) is 42.5 Å². The van der Waals surface area contributed by atoms with Crippen LogP contribution in [0.25, 0.3) is 0 Å². The second kappa shape index (κ2) is 7.13. The summed E-state index contributed by atoms with van der Waals surface area (Å²) in [6.45, 7) is 2.12. The van der Waals surface area contributed by atoms with Crippen LogP contribution in [0.3, 0.4) is 0 Å². The van der Waals surface area contributed by atoms with E-state index >= 15 is 0 Å². The number of ether oxygens (including phenoxy) is 1. The van der Waals surface area contributed by atoms with Gasteiger partial charge in [0.05, 0.1) is 12.6 Å². The first-order chi connectivity index (χ1) is 10.5. The Morgan fingerprint density at radius 2 is 1.86 bits per heavy atom. The van der Waals surface area contributed by atoms with Gasteiger partial charge in [-0.15, -0.1) is 0 Å². The molecular formula is C17H17F2NO2. The van der Waals surface area contributed by atoms with Crippen LogP contribution in [0.5, 0.6) is 0 Å². The van der Waals surface area contributed by atoms with Gasteiger partial charge in [0.15, 0.2) is 0 Å². The minimum atomic E-state index is -0.678. The quantitative estimate of drug-likeness (QED) is 0.916. The van der Waals surface area contributed by atoms with Crippen LogP contribution in [0.1, 0.15) is 34.5 Å². The molecule has 22 heavy (non-hydrogen) atoms. The minimum absolute atomic E-state index is 0.241. The fraction of sp³-hybridized carbons (Fsp3) is 0.235. The molecule has 3 nitrogen and oxygen atoms in total. The summed E-state index contributed by atoms with van der Waals surface area (Å²) in [5, 5.41) is 2.69. The molecule has 0 aliphatic rings. The van der Waals surface area contributed by atoms with Crippen LogP contribution in [0.4, 0.5) is 8.78 Å². The fourth-order valence-electron chi connectivity index (χ4n) is 2.13. The molecule has 0 fully saturated rings. The van der Waals surface area contributed by atoms with Crippen molar-refractivity contribution in [1.29, 1.82) is 0 Å². The van der Waals surface area contributed by atoms with E-state index in [1.807, 2.05) is 0 Å². The predicted molar refractivity (Wildman–Crippen MR) is 79.4 cm³/mol. The van der Waals surface area contributed by atoms with E-state index in [1.165, 1.54) is 12.1 Å². The maximum Gasteiger partial charge on any atom is 0.251 e. The Morgan fingerprint density at radius 1 is 1.18 bits per heavy atom. The van der Waals surface area contributed by atoms with E-state index in [2.05, 4.69) is 5.32 Å². The Hall–Kier alpha value is -2.27. The van der Waals surface area contributed by atoms with Crippen LogP contribution in [0.2, 0.25) is 0 Å². The molecule has 0 aromatic heterocycles. The number of methoxy groups -OCH3 is 1. The number of rotatable bonds is 5. The summed E-state index contributed by atoms with van der Waals surface area (Å²) in [6, 6.07) is 9.68. The molecular weight excluding hydrogens is 288 g/mol. The molecule has 0 saturated carbocycles. The van der Waals surface area contributed by atoms with Gasteiger partial charge in [-0.05, 0) is 30.7 Å². The number of hydrogen-bond donors (Lipinski definition) is 1. The van der Waals surface area contributed by atoms with E-state index in [-0.39, 0.29) is 11.5 Å². The normalized spacial score (nSPS) is 12.0. The molecule has 0 heterocycles. The number of benzene rings is 2. The number of amides is 1. The van der Waals surface area contributed by atoms with Gasteiger partial charge in [-0.1, -0.05) is 18.2 Å². The summed E-state index contributed by atoms with van der Waals surface area (Å²) >= 11 is 0. The molecule has 0 aliphatic carbocycles. The lowest BCUT2D eigenvalue weighted by molar-refractivity contribution is 0.0939. The molecule has 0 saturated heterocycles. The number of carbonyl (C=O) groups is 1. The van der Waals surface area contributed by atoms with Gasteiger partial charge < -0.3 is 10.1 Å². The summed E-state index contributed by atoms with van der Waals surface area (Å²) in [5.74, 6) is -1.64. The zero-order valence-electron chi connectivity index (χ0n) is 12.4. The SMILES string of the molecule is COCc1ccc(C(=O)N[C@@H](C)c2ccc(F)cc2F)cc1. The van der Waals surface area contributed by atoms with Crippen LogP contribution in [0, 0.1) is 11.6 Å². The fourth-order valence-corrected chi connectivity index (χ4v) is 2.13. The topological polar surface area (TPSA) is 38.3 Å². The van der Waals surface area contributed by atoms with Crippen LogP contribution >= 0.6 is 0 Å². The zero-order valence-corrected chi connectivity index (χ0v) is 12.4. The van der Waals surface area contributed by atoms with Crippen molar-refractivity contribution in [2.75, 3.05) is 7.11 Å². The molecule has 2 rings (SSSR count). The smallest absolute Gasteiger partial charge is 0.251 e. The van der Waals surface area contributed by atoms with Crippen molar-refractivity contribution in [2.24, 2.45) is 0 Å². The average molecular weight is 305 g/mol. The van der Waals surface area contributed by atoms with E-state index in [0.29, 0.717) is 12.2 Å². The van der Waals surface area contributed by atoms with Crippen LogP contribution in [-0.4, -0.2) is 13.0 Å². The number of halogens is 2. The highest BCUT2D eigenvalue weighted by atomic mass is 19.1. The standard InChI is InChI=1S/C17H17F2NO2/c1-11(15-8-7-14(18)9-16(15)19)20-17(21)13-5-3-12(4-6-13)10-22-2/h3-9,11H,10H2,1-2H3,(H,20,21)/t11-/m0/s1. The number of carbonyl (C=O) groups excluding carboxylic acids is 1. The molecule has 0 spiro atoms. The predicted octanol–water partition coefficient (Wildman–Crippen LogP) is 3.60. The van der Waals surface area contributed by atoms with Crippen molar-refractivity contribution in [3.63, 3.8) is 0 Å². The highest BCUT2D eigenvalue weighted by molar-refractivity contribution is 5.94. The summed E-state index contributed by atoms with van der Waals surface area (Å²) in [7, 11) is 1.60. The Labute approximate surface area is 127 Å². The minimum Gasteiger partial charge on any atom is -0.380 e. The van der Waals surface area contributed by atoms with Gasteiger partial charge in [-0.2, -0.15) is 0 Å². The third kappa shape index (κ3) is 3.89. The maximum absolute atomic E-state index is 13.7. The van der Waals surface area contributed by atoms with E-state index in [0.717, 1.165) is 11.6 Å². The Kier molecular flexibility index (Phi) is 5.22. The lowest BCUT2D eigenvalue weighted by Crippen LogP contribution is -2.27. The molecule has 1 N–H and O–H groups in total. The van der Waals surface area contributed by atoms with Crippen molar-refractivity contribution in [2.45, 2.75) is 19.6 Å². The Morgan fingerprint density at radius 3 is 2.45 bits per heavy atom. The second-order valence-corrected chi connectivity index (χ2v) is 4.99. The van der Waals surface area contributed by atoms with Crippen LogP contribution < -0.4 is 5.32 Å². The molecule has 2 aromatic rings. The molecule has 0 aliphatic heterocycles. The molecule has 1 amide bonds. The highest BCUT2D eigenvalue weighted by Gasteiger charge is 2.15. The average Bonchev–Trinajstić information content (AvgIpc) is 2.48. The maximum atomic E-state index is 13.7. The lowest BCUT2D eigenvalue weighted by atomic mass is 10.1. The van der Waals surface area contributed by atoms with Gasteiger partial charge in [0.1, 0.15) is 11.6 Å². The van der Waals surface area contributed by atoms with Gasteiger partial charge >= 0.3 is 0 Å².